The number of carbonyl (C=O) groups is 2. The van der Waals surface area contributed by atoms with Crippen molar-refractivity contribution in [2.45, 2.75) is 20.3 Å². The Labute approximate surface area is 127 Å². The van der Waals surface area contributed by atoms with Gasteiger partial charge in [0.1, 0.15) is 5.82 Å². The van der Waals surface area contributed by atoms with Gasteiger partial charge in [-0.1, -0.05) is 12.1 Å². The molecule has 0 N–H and O–H groups in total. The molecule has 1 aliphatic rings. The van der Waals surface area contributed by atoms with E-state index < -0.39 is 11.9 Å². The predicted octanol–water partition coefficient (Wildman–Crippen LogP) is 3.23. The van der Waals surface area contributed by atoms with Crippen molar-refractivity contribution in [1.29, 1.82) is 0 Å². The van der Waals surface area contributed by atoms with Gasteiger partial charge in [0.15, 0.2) is 0 Å². The van der Waals surface area contributed by atoms with Gasteiger partial charge in [0.25, 0.3) is 5.91 Å². The molecular formula is C17H14FNO3. The summed E-state index contributed by atoms with van der Waals surface area (Å²) in [6.07, 6.45) is 0.585. The highest BCUT2D eigenvalue weighted by atomic mass is 19.1. The number of hydrogen-bond acceptors (Lipinski definition) is 3. The Hall–Kier alpha value is -2.69. The number of hydroxylamine groups is 1. The highest BCUT2D eigenvalue weighted by Crippen LogP contribution is 2.38. The summed E-state index contributed by atoms with van der Waals surface area (Å²) in [5.41, 5.74) is 4.36. The average molecular weight is 299 g/mol. The Morgan fingerprint density at radius 2 is 1.68 bits per heavy atom. The predicted molar refractivity (Wildman–Crippen MR) is 79.6 cm³/mol. The molecule has 0 aromatic heterocycles. The molecule has 22 heavy (non-hydrogen) atoms. The number of nitrogens with zero attached hydrogens (tertiary/aromatic N) is 1. The normalized spacial score (nSPS) is 11.6. The number of anilines is 1. The molecule has 0 fully saturated rings. The highest BCUT2D eigenvalue weighted by Gasteiger charge is 2.22. The molecule has 0 unspecified atom stereocenters. The summed E-state index contributed by atoms with van der Waals surface area (Å²) in [5, 5.41) is 0.964. The number of carbonyl (C=O) groups excluding carboxylic acids is 2. The van der Waals surface area contributed by atoms with Crippen molar-refractivity contribution in [2.75, 3.05) is 5.06 Å². The highest BCUT2D eigenvalue weighted by molar-refractivity contribution is 5.92. The van der Waals surface area contributed by atoms with Gasteiger partial charge in [-0.2, -0.15) is 0 Å². The molecule has 0 bridgehead atoms. The summed E-state index contributed by atoms with van der Waals surface area (Å²) < 4.78 is 13.3. The van der Waals surface area contributed by atoms with Gasteiger partial charge in [0.2, 0.25) is 0 Å². The van der Waals surface area contributed by atoms with Crippen LogP contribution < -0.4 is 5.06 Å². The largest absolute Gasteiger partial charge is 0.334 e. The quantitative estimate of drug-likeness (QED) is 0.648. The summed E-state index contributed by atoms with van der Waals surface area (Å²) in [6, 6.07) is 10.1. The second-order valence-corrected chi connectivity index (χ2v) is 5.22. The van der Waals surface area contributed by atoms with Crippen LogP contribution >= 0.6 is 0 Å². The lowest BCUT2D eigenvalue weighted by Crippen LogP contribution is -2.30. The van der Waals surface area contributed by atoms with Gasteiger partial charge in [-0.15, -0.1) is 5.06 Å². The zero-order chi connectivity index (χ0) is 15.9. The van der Waals surface area contributed by atoms with Crippen LogP contribution in [0.3, 0.4) is 0 Å². The van der Waals surface area contributed by atoms with E-state index in [1.165, 1.54) is 26.0 Å². The molecule has 1 aliphatic carbocycles. The molecule has 5 heteroatoms. The maximum absolute atomic E-state index is 13.3. The van der Waals surface area contributed by atoms with E-state index in [1.807, 2.05) is 6.07 Å². The van der Waals surface area contributed by atoms with Crippen LogP contribution in [-0.4, -0.2) is 11.9 Å². The Morgan fingerprint density at radius 1 is 1.05 bits per heavy atom. The standard InChI is InChI=1S/C17H14FNO3/c1-10(20)19(22-11(2)21)15-4-6-17-13(9-15)7-12-8-14(18)3-5-16(12)17/h3-6,8-9H,7H2,1-2H3. The summed E-state index contributed by atoms with van der Waals surface area (Å²) in [5.74, 6) is -1.23. The fourth-order valence-corrected chi connectivity index (χ4v) is 2.72. The van der Waals surface area contributed by atoms with E-state index in [-0.39, 0.29) is 5.82 Å². The number of rotatable bonds is 1. The van der Waals surface area contributed by atoms with E-state index in [1.54, 1.807) is 18.2 Å². The molecule has 112 valence electrons. The number of halogens is 1. The second-order valence-electron chi connectivity index (χ2n) is 5.22. The van der Waals surface area contributed by atoms with Crippen molar-refractivity contribution in [3.63, 3.8) is 0 Å². The van der Waals surface area contributed by atoms with Gasteiger partial charge >= 0.3 is 5.97 Å². The van der Waals surface area contributed by atoms with E-state index in [0.717, 1.165) is 27.3 Å². The van der Waals surface area contributed by atoms with E-state index in [9.17, 15) is 14.0 Å². The number of hydrogen-bond donors (Lipinski definition) is 0. The number of benzene rings is 2. The lowest BCUT2D eigenvalue weighted by molar-refractivity contribution is -0.147. The Balaban J connectivity index is 2.00. The molecule has 0 aliphatic heterocycles. The van der Waals surface area contributed by atoms with Crippen molar-refractivity contribution < 1.29 is 18.8 Å². The minimum Gasteiger partial charge on any atom is -0.334 e. The molecule has 0 radical (unpaired) electrons. The minimum absolute atomic E-state index is 0.267. The third-order valence-electron chi connectivity index (χ3n) is 3.57. The van der Waals surface area contributed by atoms with Crippen LogP contribution in [0.25, 0.3) is 11.1 Å². The van der Waals surface area contributed by atoms with Gasteiger partial charge in [-0.3, -0.25) is 4.79 Å². The molecule has 0 heterocycles. The van der Waals surface area contributed by atoms with Crippen LogP contribution in [-0.2, 0) is 20.8 Å². The van der Waals surface area contributed by atoms with E-state index in [0.29, 0.717) is 12.1 Å². The molecule has 0 saturated carbocycles. The Kier molecular flexibility index (Phi) is 3.41. The van der Waals surface area contributed by atoms with Crippen LogP contribution in [0.15, 0.2) is 36.4 Å². The molecule has 0 atom stereocenters. The van der Waals surface area contributed by atoms with Gasteiger partial charge in [-0.05, 0) is 52.9 Å². The SMILES string of the molecule is CC(=O)ON(C(C)=O)c1ccc2c(c1)Cc1cc(F)ccc1-2. The van der Waals surface area contributed by atoms with Crippen LogP contribution in [0.1, 0.15) is 25.0 Å². The van der Waals surface area contributed by atoms with Crippen molar-refractivity contribution in [3.05, 3.63) is 53.3 Å². The summed E-state index contributed by atoms with van der Waals surface area (Å²) in [7, 11) is 0. The zero-order valence-electron chi connectivity index (χ0n) is 12.2. The van der Waals surface area contributed by atoms with Crippen LogP contribution in [0.4, 0.5) is 10.1 Å². The zero-order valence-corrected chi connectivity index (χ0v) is 12.2. The fraction of sp³-hybridized carbons (Fsp3) is 0.176. The smallest absolute Gasteiger partial charge is 0.330 e. The third-order valence-corrected chi connectivity index (χ3v) is 3.57. The molecule has 3 rings (SSSR count). The van der Waals surface area contributed by atoms with Crippen molar-refractivity contribution in [3.8, 4) is 11.1 Å². The first kappa shape index (κ1) is 14.3. The molecule has 4 nitrogen and oxygen atoms in total. The molecular weight excluding hydrogens is 285 g/mol. The van der Waals surface area contributed by atoms with Crippen LogP contribution in [0.5, 0.6) is 0 Å². The van der Waals surface area contributed by atoms with E-state index in [2.05, 4.69) is 0 Å². The number of fused-ring (bicyclic) bond motifs is 3. The average Bonchev–Trinajstić information content (AvgIpc) is 2.80. The first-order valence-corrected chi connectivity index (χ1v) is 6.86. The molecule has 1 amide bonds. The fourth-order valence-electron chi connectivity index (χ4n) is 2.72. The Morgan fingerprint density at radius 3 is 2.32 bits per heavy atom. The maximum atomic E-state index is 13.3. The van der Waals surface area contributed by atoms with Crippen LogP contribution in [0, 0.1) is 5.82 Å². The number of amides is 1. The molecule has 2 aromatic rings. The minimum atomic E-state index is -0.568. The monoisotopic (exact) mass is 299 g/mol. The molecule has 0 spiro atoms. The summed E-state index contributed by atoms with van der Waals surface area (Å²) in [4.78, 5) is 27.7. The second kappa shape index (κ2) is 5.26. The van der Waals surface area contributed by atoms with Crippen molar-refractivity contribution in [2.24, 2.45) is 0 Å². The lowest BCUT2D eigenvalue weighted by atomic mass is 10.1. The van der Waals surface area contributed by atoms with Gasteiger partial charge in [0, 0.05) is 13.8 Å². The topological polar surface area (TPSA) is 46.6 Å². The maximum Gasteiger partial charge on any atom is 0.330 e. The molecule has 0 saturated heterocycles. The van der Waals surface area contributed by atoms with Crippen LogP contribution in [0.2, 0.25) is 0 Å². The van der Waals surface area contributed by atoms with Gasteiger partial charge < -0.3 is 4.84 Å². The van der Waals surface area contributed by atoms with Gasteiger partial charge in [-0.25, -0.2) is 9.18 Å². The first-order valence-electron chi connectivity index (χ1n) is 6.86. The van der Waals surface area contributed by atoms with E-state index in [4.69, 9.17) is 4.84 Å². The molecule has 2 aromatic carbocycles. The Bertz CT molecular complexity index is 785. The first-order chi connectivity index (χ1) is 10.5. The van der Waals surface area contributed by atoms with Crippen molar-refractivity contribution >= 4 is 17.6 Å². The van der Waals surface area contributed by atoms with E-state index >= 15 is 0 Å². The van der Waals surface area contributed by atoms with Crippen molar-refractivity contribution in [1.82, 2.24) is 0 Å². The third kappa shape index (κ3) is 2.45. The van der Waals surface area contributed by atoms with Gasteiger partial charge in [0.05, 0.1) is 5.69 Å². The summed E-state index contributed by atoms with van der Waals surface area (Å²) in [6.45, 7) is 2.56. The summed E-state index contributed by atoms with van der Waals surface area (Å²) >= 11 is 0. The lowest BCUT2D eigenvalue weighted by Gasteiger charge is -2.19.